The Balaban J connectivity index is 1.82. The third-order valence-corrected chi connectivity index (χ3v) is 4.28. The van der Waals surface area contributed by atoms with E-state index < -0.39 is 5.60 Å². The summed E-state index contributed by atoms with van der Waals surface area (Å²) in [6.07, 6.45) is 3.17. The Labute approximate surface area is 133 Å². The number of carbonyl (C=O) groups excluding carboxylic acids is 1. The number of methoxy groups -OCH3 is 1. The summed E-state index contributed by atoms with van der Waals surface area (Å²) in [6.45, 7) is 6.83. The van der Waals surface area contributed by atoms with Gasteiger partial charge in [0.25, 0.3) is 0 Å². The molecule has 1 aromatic carbocycles. The van der Waals surface area contributed by atoms with Crippen LogP contribution in [0.2, 0.25) is 0 Å². The van der Waals surface area contributed by atoms with Crippen molar-refractivity contribution in [2.24, 2.45) is 5.92 Å². The van der Waals surface area contributed by atoms with E-state index in [1.165, 1.54) is 12.7 Å². The first-order chi connectivity index (χ1) is 10.4. The van der Waals surface area contributed by atoms with E-state index in [2.05, 4.69) is 4.90 Å². The van der Waals surface area contributed by atoms with Crippen molar-refractivity contribution in [1.29, 1.82) is 0 Å². The van der Waals surface area contributed by atoms with E-state index in [9.17, 15) is 9.90 Å². The first-order valence-corrected chi connectivity index (χ1v) is 7.99. The zero-order valence-corrected chi connectivity index (χ0v) is 13.8. The average Bonchev–Trinajstić information content (AvgIpc) is 2.48. The minimum Gasteiger partial charge on any atom is -0.465 e. The fourth-order valence-corrected chi connectivity index (χ4v) is 3.18. The van der Waals surface area contributed by atoms with Crippen molar-refractivity contribution in [3.8, 4) is 0 Å². The molecule has 0 saturated carbocycles. The first kappa shape index (κ1) is 17.0. The molecule has 1 aromatic rings. The van der Waals surface area contributed by atoms with Crippen LogP contribution in [0.3, 0.4) is 0 Å². The van der Waals surface area contributed by atoms with E-state index >= 15 is 0 Å². The second kappa shape index (κ2) is 7.25. The molecule has 1 heterocycles. The molecule has 4 heteroatoms. The van der Waals surface area contributed by atoms with E-state index in [4.69, 9.17) is 4.74 Å². The SMILES string of the molecule is COC(=O)c1ccc(CN2CCC(CC(C)(C)O)CC2)cc1. The molecule has 0 atom stereocenters. The van der Waals surface area contributed by atoms with E-state index in [0.29, 0.717) is 11.5 Å². The van der Waals surface area contributed by atoms with Crippen molar-refractivity contribution in [2.45, 2.75) is 45.3 Å². The molecule has 1 aliphatic heterocycles. The van der Waals surface area contributed by atoms with Crippen molar-refractivity contribution in [1.82, 2.24) is 4.90 Å². The Hall–Kier alpha value is -1.39. The van der Waals surface area contributed by atoms with E-state index in [1.807, 2.05) is 38.1 Å². The molecule has 4 nitrogen and oxygen atoms in total. The number of benzene rings is 1. The van der Waals surface area contributed by atoms with Gasteiger partial charge in [0.05, 0.1) is 18.3 Å². The molecule has 0 bridgehead atoms. The number of likely N-dealkylation sites (tertiary alicyclic amines) is 1. The Kier molecular flexibility index (Phi) is 5.59. The highest BCUT2D eigenvalue weighted by atomic mass is 16.5. The number of nitrogens with zero attached hydrogens (tertiary/aromatic N) is 1. The summed E-state index contributed by atoms with van der Waals surface area (Å²) >= 11 is 0. The lowest BCUT2D eigenvalue weighted by molar-refractivity contribution is 0.0368. The Bertz CT molecular complexity index is 482. The van der Waals surface area contributed by atoms with Crippen LogP contribution in [0.25, 0.3) is 0 Å². The Morgan fingerprint density at radius 1 is 1.27 bits per heavy atom. The molecule has 0 aromatic heterocycles. The minimum absolute atomic E-state index is 0.293. The Morgan fingerprint density at radius 2 is 1.86 bits per heavy atom. The molecule has 0 unspecified atom stereocenters. The topological polar surface area (TPSA) is 49.8 Å². The maximum atomic E-state index is 11.4. The Morgan fingerprint density at radius 3 is 2.36 bits per heavy atom. The van der Waals surface area contributed by atoms with Gasteiger partial charge in [-0.3, -0.25) is 4.90 Å². The van der Waals surface area contributed by atoms with Crippen molar-refractivity contribution < 1.29 is 14.6 Å². The molecule has 22 heavy (non-hydrogen) atoms. The van der Waals surface area contributed by atoms with Gasteiger partial charge in [-0.2, -0.15) is 0 Å². The number of carbonyl (C=O) groups is 1. The van der Waals surface area contributed by atoms with Gasteiger partial charge in [0.2, 0.25) is 0 Å². The van der Waals surface area contributed by atoms with Gasteiger partial charge in [-0.1, -0.05) is 12.1 Å². The second-order valence-corrected chi connectivity index (χ2v) is 6.92. The van der Waals surface area contributed by atoms with Crippen LogP contribution in [-0.4, -0.2) is 41.8 Å². The van der Waals surface area contributed by atoms with Crippen LogP contribution in [0, 0.1) is 5.92 Å². The molecule has 2 rings (SSSR count). The average molecular weight is 305 g/mol. The van der Waals surface area contributed by atoms with Gasteiger partial charge < -0.3 is 9.84 Å². The van der Waals surface area contributed by atoms with Gasteiger partial charge in [0, 0.05) is 6.54 Å². The van der Waals surface area contributed by atoms with Crippen LogP contribution >= 0.6 is 0 Å². The fourth-order valence-electron chi connectivity index (χ4n) is 3.18. The van der Waals surface area contributed by atoms with Crippen LogP contribution in [-0.2, 0) is 11.3 Å². The number of hydrogen-bond acceptors (Lipinski definition) is 4. The summed E-state index contributed by atoms with van der Waals surface area (Å²) in [6, 6.07) is 7.63. The summed E-state index contributed by atoms with van der Waals surface area (Å²) in [7, 11) is 1.40. The predicted molar refractivity (Wildman–Crippen MR) is 86.7 cm³/mol. The highest BCUT2D eigenvalue weighted by molar-refractivity contribution is 5.89. The maximum absolute atomic E-state index is 11.4. The number of aliphatic hydroxyl groups is 1. The monoisotopic (exact) mass is 305 g/mol. The van der Waals surface area contributed by atoms with Crippen molar-refractivity contribution in [3.63, 3.8) is 0 Å². The molecule has 122 valence electrons. The number of ether oxygens (including phenoxy) is 1. The van der Waals surface area contributed by atoms with E-state index in [-0.39, 0.29) is 5.97 Å². The third-order valence-electron chi connectivity index (χ3n) is 4.28. The predicted octanol–water partition coefficient (Wildman–Crippen LogP) is 2.85. The lowest BCUT2D eigenvalue weighted by Crippen LogP contribution is -2.35. The standard InChI is InChI=1S/C18H27NO3/c1-18(2,21)12-14-8-10-19(11-9-14)13-15-4-6-16(7-5-15)17(20)22-3/h4-7,14,21H,8-13H2,1-3H3. The quantitative estimate of drug-likeness (QED) is 0.850. The second-order valence-electron chi connectivity index (χ2n) is 6.92. The molecule has 1 N–H and O–H groups in total. The highest BCUT2D eigenvalue weighted by Crippen LogP contribution is 2.26. The van der Waals surface area contributed by atoms with Crippen LogP contribution in [0.5, 0.6) is 0 Å². The lowest BCUT2D eigenvalue weighted by atomic mass is 9.86. The zero-order valence-electron chi connectivity index (χ0n) is 13.8. The molecule has 0 spiro atoms. The summed E-state index contributed by atoms with van der Waals surface area (Å²) in [5.74, 6) is 0.330. The fraction of sp³-hybridized carbons (Fsp3) is 0.611. The highest BCUT2D eigenvalue weighted by Gasteiger charge is 2.24. The van der Waals surface area contributed by atoms with Gasteiger partial charge in [0.15, 0.2) is 0 Å². The first-order valence-electron chi connectivity index (χ1n) is 7.99. The van der Waals surface area contributed by atoms with Crippen molar-refractivity contribution in [3.05, 3.63) is 35.4 Å². The largest absolute Gasteiger partial charge is 0.465 e. The molecule has 0 amide bonds. The number of esters is 1. The normalized spacial score (nSPS) is 17.5. The van der Waals surface area contributed by atoms with Gasteiger partial charge in [-0.25, -0.2) is 4.79 Å². The molecule has 0 aliphatic carbocycles. The summed E-state index contributed by atoms with van der Waals surface area (Å²) in [5.41, 5.74) is 1.25. The summed E-state index contributed by atoms with van der Waals surface area (Å²) in [4.78, 5) is 13.9. The van der Waals surface area contributed by atoms with E-state index in [0.717, 1.165) is 38.9 Å². The van der Waals surface area contributed by atoms with Gasteiger partial charge in [-0.15, -0.1) is 0 Å². The zero-order chi connectivity index (χ0) is 16.2. The van der Waals surface area contributed by atoms with Gasteiger partial charge in [0.1, 0.15) is 0 Å². The molecule has 1 saturated heterocycles. The summed E-state index contributed by atoms with van der Waals surface area (Å²) < 4.78 is 4.71. The van der Waals surface area contributed by atoms with E-state index in [1.54, 1.807) is 0 Å². The number of piperidine rings is 1. The van der Waals surface area contributed by atoms with Crippen LogP contribution < -0.4 is 0 Å². The molecule has 1 aliphatic rings. The number of hydrogen-bond donors (Lipinski definition) is 1. The molecule has 0 radical (unpaired) electrons. The van der Waals surface area contributed by atoms with Gasteiger partial charge >= 0.3 is 5.97 Å². The summed E-state index contributed by atoms with van der Waals surface area (Å²) in [5, 5.41) is 9.91. The maximum Gasteiger partial charge on any atom is 0.337 e. The van der Waals surface area contributed by atoms with Crippen LogP contribution in [0.4, 0.5) is 0 Å². The molecule has 1 fully saturated rings. The number of rotatable bonds is 5. The molecular formula is C18H27NO3. The third kappa shape index (κ3) is 5.11. The van der Waals surface area contributed by atoms with Crippen LogP contribution in [0.15, 0.2) is 24.3 Å². The lowest BCUT2D eigenvalue weighted by Gasteiger charge is -2.34. The molecular weight excluding hydrogens is 278 g/mol. The minimum atomic E-state index is -0.559. The van der Waals surface area contributed by atoms with Crippen molar-refractivity contribution >= 4 is 5.97 Å². The smallest absolute Gasteiger partial charge is 0.337 e. The van der Waals surface area contributed by atoms with Gasteiger partial charge in [-0.05, 0) is 69.8 Å². The van der Waals surface area contributed by atoms with Crippen molar-refractivity contribution in [2.75, 3.05) is 20.2 Å². The van der Waals surface area contributed by atoms with Crippen LogP contribution in [0.1, 0.15) is 49.0 Å².